The number of hydrogen-bond acceptors (Lipinski definition) is 3. The van der Waals surface area contributed by atoms with E-state index >= 15 is 0 Å². The molecule has 1 atom stereocenters. The van der Waals surface area contributed by atoms with Crippen LogP contribution in [0.1, 0.15) is 18.9 Å². The normalized spacial score (nSPS) is 11.6. The van der Waals surface area contributed by atoms with E-state index in [0.29, 0.717) is 17.1 Å². The number of carbonyl (C=O) groups is 2. The molecule has 2 N–H and O–H groups in total. The highest BCUT2D eigenvalue weighted by Crippen LogP contribution is 2.23. The number of anilines is 2. The fraction of sp³-hybridized carbons (Fsp3) is 0.263. The number of amides is 2. The van der Waals surface area contributed by atoms with Crippen molar-refractivity contribution in [3.05, 3.63) is 59.1 Å². The molecular formula is C19H21ClN2O2S. The number of nitrogens with one attached hydrogen (secondary N) is 2. The van der Waals surface area contributed by atoms with Crippen LogP contribution in [0, 0.1) is 6.92 Å². The van der Waals surface area contributed by atoms with Crippen molar-refractivity contribution < 1.29 is 9.59 Å². The molecule has 0 bridgehead atoms. The first-order valence-electron chi connectivity index (χ1n) is 8.03. The maximum atomic E-state index is 12.5. The summed E-state index contributed by atoms with van der Waals surface area (Å²) >= 11 is 7.31. The minimum Gasteiger partial charge on any atom is -0.325 e. The number of halogens is 1. The van der Waals surface area contributed by atoms with Gasteiger partial charge in [-0.25, -0.2) is 0 Å². The summed E-state index contributed by atoms with van der Waals surface area (Å²) in [5.74, 6) is -0.0261. The molecule has 2 aromatic rings. The van der Waals surface area contributed by atoms with Crippen molar-refractivity contribution in [2.75, 3.05) is 16.4 Å². The molecule has 0 aliphatic carbocycles. The molecule has 6 heteroatoms. The van der Waals surface area contributed by atoms with Gasteiger partial charge in [0.15, 0.2) is 0 Å². The lowest BCUT2D eigenvalue weighted by Crippen LogP contribution is -2.27. The van der Waals surface area contributed by atoms with Gasteiger partial charge in [-0.15, -0.1) is 11.8 Å². The number of benzene rings is 2. The molecule has 0 heterocycles. The highest BCUT2D eigenvalue weighted by atomic mass is 35.5. The second kappa shape index (κ2) is 9.49. The SMILES string of the molecule is CCC(SCC(=O)Nc1ccccc1)C(=O)Nc1cc(Cl)ccc1C. The Hall–Kier alpha value is -1.98. The molecule has 25 heavy (non-hydrogen) atoms. The number of hydrogen-bond donors (Lipinski definition) is 2. The smallest absolute Gasteiger partial charge is 0.237 e. The Morgan fingerprint density at radius 1 is 1.12 bits per heavy atom. The van der Waals surface area contributed by atoms with Gasteiger partial charge >= 0.3 is 0 Å². The van der Waals surface area contributed by atoms with Gasteiger partial charge in [0, 0.05) is 16.4 Å². The van der Waals surface area contributed by atoms with Crippen LogP contribution in [0.3, 0.4) is 0 Å². The molecule has 0 saturated heterocycles. The fourth-order valence-corrected chi connectivity index (χ4v) is 3.26. The first-order chi connectivity index (χ1) is 12.0. The average molecular weight is 377 g/mol. The van der Waals surface area contributed by atoms with E-state index in [9.17, 15) is 9.59 Å². The number of para-hydroxylation sites is 1. The van der Waals surface area contributed by atoms with E-state index in [1.165, 1.54) is 11.8 Å². The zero-order chi connectivity index (χ0) is 18.2. The van der Waals surface area contributed by atoms with Crippen LogP contribution in [0.5, 0.6) is 0 Å². The standard InChI is InChI=1S/C19H21ClN2O2S/c1-3-17(19(24)22-16-11-14(20)10-9-13(16)2)25-12-18(23)21-15-7-5-4-6-8-15/h4-11,17H,3,12H2,1-2H3,(H,21,23)(H,22,24). The van der Waals surface area contributed by atoms with Crippen molar-refractivity contribution in [2.45, 2.75) is 25.5 Å². The summed E-state index contributed by atoms with van der Waals surface area (Å²) in [5.41, 5.74) is 2.39. The van der Waals surface area contributed by atoms with Gasteiger partial charge in [-0.05, 0) is 43.2 Å². The average Bonchev–Trinajstić information content (AvgIpc) is 2.59. The molecule has 0 aromatic heterocycles. The van der Waals surface area contributed by atoms with Gasteiger partial charge in [0.1, 0.15) is 0 Å². The van der Waals surface area contributed by atoms with Crippen molar-refractivity contribution in [1.82, 2.24) is 0 Å². The predicted octanol–water partition coefficient (Wildman–Crippen LogP) is 4.74. The first-order valence-corrected chi connectivity index (χ1v) is 9.45. The van der Waals surface area contributed by atoms with Crippen LogP contribution in [0.25, 0.3) is 0 Å². The summed E-state index contributed by atoms with van der Waals surface area (Å²) in [6, 6.07) is 14.6. The Bertz CT molecular complexity index is 737. The summed E-state index contributed by atoms with van der Waals surface area (Å²) in [4.78, 5) is 24.5. The Morgan fingerprint density at radius 2 is 1.84 bits per heavy atom. The molecule has 0 aliphatic heterocycles. The Kier molecular flexibility index (Phi) is 7.34. The molecule has 0 fully saturated rings. The number of rotatable bonds is 7. The van der Waals surface area contributed by atoms with E-state index in [0.717, 1.165) is 11.3 Å². The molecule has 2 aromatic carbocycles. The van der Waals surface area contributed by atoms with Crippen LogP contribution < -0.4 is 10.6 Å². The minimum atomic E-state index is -0.306. The summed E-state index contributed by atoms with van der Waals surface area (Å²) in [7, 11) is 0. The molecular weight excluding hydrogens is 356 g/mol. The lowest BCUT2D eigenvalue weighted by molar-refractivity contribution is -0.115. The van der Waals surface area contributed by atoms with Gasteiger partial charge < -0.3 is 10.6 Å². The Morgan fingerprint density at radius 3 is 2.52 bits per heavy atom. The van der Waals surface area contributed by atoms with Crippen LogP contribution >= 0.6 is 23.4 Å². The van der Waals surface area contributed by atoms with Crippen molar-refractivity contribution in [2.24, 2.45) is 0 Å². The molecule has 2 rings (SSSR count). The topological polar surface area (TPSA) is 58.2 Å². The van der Waals surface area contributed by atoms with E-state index in [2.05, 4.69) is 10.6 Å². The van der Waals surface area contributed by atoms with Gasteiger partial charge in [0.05, 0.1) is 11.0 Å². The first kappa shape index (κ1) is 19.3. The zero-order valence-electron chi connectivity index (χ0n) is 14.2. The molecule has 4 nitrogen and oxygen atoms in total. The minimum absolute atomic E-state index is 0.120. The second-order valence-electron chi connectivity index (χ2n) is 5.57. The lowest BCUT2D eigenvalue weighted by atomic mass is 10.2. The van der Waals surface area contributed by atoms with E-state index < -0.39 is 0 Å². The Labute approximate surface area is 157 Å². The van der Waals surface area contributed by atoms with Crippen LogP contribution in [-0.4, -0.2) is 22.8 Å². The summed E-state index contributed by atoms with van der Waals surface area (Å²) < 4.78 is 0. The van der Waals surface area contributed by atoms with Gasteiger partial charge in [0.25, 0.3) is 0 Å². The third-order valence-electron chi connectivity index (χ3n) is 3.59. The third-order valence-corrected chi connectivity index (χ3v) is 5.21. The summed E-state index contributed by atoms with van der Waals surface area (Å²) in [5, 5.41) is 5.98. The summed E-state index contributed by atoms with van der Waals surface area (Å²) in [6.07, 6.45) is 0.634. The van der Waals surface area contributed by atoms with Gasteiger partial charge in [0.2, 0.25) is 11.8 Å². The molecule has 0 aliphatic rings. The second-order valence-corrected chi connectivity index (χ2v) is 7.20. The predicted molar refractivity (Wildman–Crippen MR) is 106 cm³/mol. The third kappa shape index (κ3) is 6.11. The number of carbonyl (C=O) groups excluding carboxylic acids is 2. The number of aryl methyl sites for hydroxylation is 1. The molecule has 0 radical (unpaired) electrons. The maximum absolute atomic E-state index is 12.5. The monoisotopic (exact) mass is 376 g/mol. The largest absolute Gasteiger partial charge is 0.325 e. The van der Waals surface area contributed by atoms with Crippen LogP contribution in [0.15, 0.2) is 48.5 Å². The van der Waals surface area contributed by atoms with Crippen LogP contribution in [0.4, 0.5) is 11.4 Å². The lowest BCUT2D eigenvalue weighted by Gasteiger charge is -2.16. The van der Waals surface area contributed by atoms with E-state index in [1.54, 1.807) is 12.1 Å². The van der Waals surface area contributed by atoms with Gasteiger partial charge in [-0.3, -0.25) is 9.59 Å². The summed E-state index contributed by atoms with van der Waals surface area (Å²) in [6.45, 7) is 3.84. The Balaban J connectivity index is 1.89. The van der Waals surface area contributed by atoms with Crippen molar-refractivity contribution >= 4 is 46.6 Å². The molecule has 2 amide bonds. The quantitative estimate of drug-likeness (QED) is 0.733. The highest BCUT2D eigenvalue weighted by molar-refractivity contribution is 8.01. The van der Waals surface area contributed by atoms with E-state index in [1.807, 2.05) is 50.2 Å². The molecule has 0 saturated carbocycles. The fourth-order valence-electron chi connectivity index (χ4n) is 2.22. The van der Waals surface area contributed by atoms with E-state index in [-0.39, 0.29) is 22.8 Å². The number of thioether (sulfide) groups is 1. The molecule has 0 spiro atoms. The van der Waals surface area contributed by atoms with Gasteiger partial charge in [-0.1, -0.05) is 42.8 Å². The molecule has 132 valence electrons. The van der Waals surface area contributed by atoms with Crippen LogP contribution in [0.2, 0.25) is 5.02 Å². The zero-order valence-corrected chi connectivity index (χ0v) is 15.8. The molecule has 1 unspecified atom stereocenters. The van der Waals surface area contributed by atoms with Crippen LogP contribution in [-0.2, 0) is 9.59 Å². The van der Waals surface area contributed by atoms with Crippen molar-refractivity contribution in [3.63, 3.8) is 0 Å². The van der Waals surface area contributed by atoms with Gasteiger partial charge in [-0.2, -0.15) is 0 Å². The van der Waals surface area contributed by atoms with Crippen molar-refractivity contribution in [3.8, 4) is 0 Å². The van der Waals surface area contributed by atoms with Crippen molar-refractivity contribution in [1.29, 1.82) is 0 Å². The highest BCUT2D eigenvalue weighted by Gasteiger charge is 2.19. The maximum Gasteiger partial charge on any atom is 0.237 e. The van der Waals surface area contributed by atoms with E-state index in [4.69, 9.17) is 11.6 Å².